The largest absolute Gasteiger partial charge is 0.0939 e. The molecule has 0 amide bonds. The van der Waals surface area contributed by atoms with Gasteiger partial charge in [-0.05, 0) is 19.3 Å². The van der Waals surface area contributed by atoms with E-state index in [-0.39, 0.29) is 0 Å². The number of hydrogen-bond acceptors (Lipinski definition) is 2. The van der Waals surface area contributed by atoms with Gasteiger partial charge in [0.25, 0.3) is 0 Å². The van der Waals surface area contributed by atoms with Crippen LogP contribution in [0, 0.1) is 0 Å². The summed E-state index contributed by atoms with van der Waals surface area (Å²) in [6, 6.07) is 0. The minimum Gasteiger partial charge on any atom is -0.0939 e. The molecule has 0 aromatic heterocycles. The van der Waals surface area contributed by atoms with Crippen molar-refractivity contribution in [3.05, 3.63) is 0 Å². The van der Waals surface area contributed by atoms with Crippen molar-refractivity contribution in [2.75, 3.05) is 5.75 Å². The molecule has 0 radical (unpaired) electrons. The van der Waals surface area contributed by atoms with Crippen molar-refractivity contribution in [2.45, 2.75) is 76.4 Å². The first kappa shape index (κ1) is 13.8. The predicted molar refractivity (Wildman–Crippen MR) is 75.7 cm³/mol. The average Bonchev–Trinajstić information content (AvgIpc) is 2.29. The molecule has 1 aliphatic carbocycles. The van der Waals surface area contributed by atoms with Crippen LogP contribution >= 0.6 is 21.6 Å². The fourth-order valence-electron chi connectivity index (χ4n) is 2.07. The van der Waals surface area contributed by atoms with E-state index in [0.29, 0.717) is 0 Å². The highest BCUT2D eigenvalue weighted by atomic mass is 33.1. The Morgan fingerprint density at radius 2 is 1.67 bits per heavy atom. The first-order valence-corrected chi connectivity index (χ1v) is 9.10. The van der Waals surface area contributed by atoms with Crippen LogP contribution in [0.1, 0.15) is 71.1 Å². The molecule has 0 saturated heterocycles. The van der Waals surface area contributed by atoms with Gasteiger partial charge in [0.2, 0.25) is 0 Å². The van der Waals surface area contributed by atoms with Crippen molar-refractivity contribution < 1.29 is 0 Å². The van der Waals surface area contributed by atoms with Gasteiger partial charge < -0.3 is 0 Å². The van der Waals surface area contributed by atoms with E-state index in [1.54, 1.807) is 0 Å². The van der Waals surface area contributed by atoms with Gasteiger partial charge in [0.05, 0.1) is 0 Å². The second-order valence-electron chi connectivity index (χ2n) is 4.59. The Kier molecular flexibility index (Phi) is 9.08. The second-order valence-corrected chi connectivity index (χ2v) is 7.38. The summed E-state index contributed by atoms with van der Waals surface area (Å²) in [7, 11) is 4.31. The van der Waals surface area contributed by atoms with Gasteiger partial charge in [0.1, 0.15) is 0 Å². The van der Waals surface area contributed by atoms with Crippen LogP contribution in [0.15, 0.2) is 0 Å². The highest BCUT2D eigenvalue weighted by Gasteiger charge is 2.13. The second kappa shape index (κ2) is 9.89. The maximum absolute atomic E-state index is 2.29. The van der Waals surface area contributed by atoms with Gasteiger partial charge in [-0.2, -0.15) is 0 Å². The summed E-state index contributed by atoms with van der Waals surface area (Å²) in [6.45, 7) is 2.29. The summed E-state index contributed by atoms with van der Waals surface area (Å²) in [6.07, 6.45) is 14.5. The van der Waals surface area contributed by atoms with Crippen LogP contribution in [0.2, 0.25) is 0 Å². The van der Waals surface area contributed by atoms with Crippen LogP contribution in [0.4, 0.5) is 0 Å². The van der Waals surface area contributed by atoms with E-state index >= 15 is 0 Å². The Hall–Kier alpha value is 0.700. The third-order valence-electron chi connectivity index (χ3n) is 3.09. The Labute approximate surface area is 104 Å². The van der Waals surface area contributed by atoms with Gasteiger partial charge in [0, 0.05) is 11.0 Å². The maximum Gasteiger partial charge on any atom is 0.0151 e. The van der Waals surface area contributed by atoms with E-state index in [2.05, 4.69) is 28.5 Å². The van der Waals surface area contributed by atoms with Crippen LogP contribution in [0.3, 0.4) is 0 Å². The third kappa shape index (κ3) is 7.57. The molecule has 0 aromatic rings. The third-order valence-corrected chi connectivity index (χ3v) is 6.15. The average molecular weight is 246 g/mol. The summed E-state index contributed by atoms with van der Waals surface area (Å²) < 4.78 is 0. The minimum absolute atomic E-state index is 0.986. The lowest BCUT2D eigenvalue weighted by atomic mass is 10.0. The number of hydrogen-bond donors (Lipinski definition) is 0. The minimum atomic E-state index is 0.986. The number of rotatable bonds is 8. The van der Waals surface area contributed by atoms with Crippen molar-refractivity contribution in [1.82, 2.24) is 0 Å². The molecule has 0 bridgehead atoms. The lowest BCUT2D eigenvalue weighted by molar-refractivity contribution is 0.517. The van der Waals surface area contributed by atoms with Crippen LogP contribution in [-0.4, -0.2) is 11.0 Å². The van der Waals surface area contributed by atoms with Crippen LogP contribution in [-0.2, 0) is 0 Å². The van der Waals surface area contributed by atoms with E-state index < -0.39 is 0 Å². The molecule has 1 rings (SSSR count). The molecule has 0 spiro atoms. The lowest BCUT2D eigenvalue weighted by Crippen LogP contribution is -2.06. The molecule has 1 fully saturated rings. The molecule has 1 aliphatic rings. The Morgan fingerprint density at radius 1 is 0.933 bits per heavy atom. The zero-order chi connectivity index (χ0) is 10.8. The lowest BCUT2D eigenvalue weighted by Gasteiger charge is -2.20. The van der Waals surface area contributed by atoms with E-state index in [1.165, 1.54) is 70.0 Å². The summed E-state index contributed by atoms with van der Waals surface area (Å²) in [5, 5.41) is 0.986. The fourth-order valence-corrected chi connectivity index (χ4v) is 5.00. The molecule has 0 atom stereocenters. The van der Waals surface area contributed by atoms with Crippen molar-refractivity contribution in [1.29, 1.82) is 0 Å². The van der Waals surface area contributed by atoms with Gasteiger partial charge in [-0.1, -0.05) is 73.5 Å². The highest BCUT2D eigenvalue weighted by molar-refractivity contribution is 8.76. The van der Waals surface area contributed by atoms with Crippen molar-refractivity contribution in [3.8, 4) is 0 Å². The Morgan fingerprint density at radius 3 is 2.40 bits per heavy atom. The van der Waals surface area contributed by atoms with Crippen LogP contribution in [0.25, 0.3) is 0 Å². The highest BCUT2D eigenvalue weighted by Crippen LogP contribution is 2.36. The van der Waals surface area contributed by atoms with E-state index in [1.807, 2.05) is 0 Å². The SMILES string of the molecule is CCCCCCCSSC1CCCCC1. The van der Waals surface area contributed by atoms with E-state index in [4.69, 9.17) is 0 Å². The Balaban J connectivity index is 1.79. The summed E-state index contributed by atoms with van der Waals surface area (Å²) >= 11 is 0. The molecular formula is C13H26S2. The Bertz CT molecular complexity index is 130. The molecule has 15 heavy (non-hydrogen) atoms. The summed E-state index contributed by atoms with van der Waals surface area (Å²) in [5.41, 5.74) is 0. The van der Waals surface area contributed by atoms with E-state index in [9.17, 15) is 0 Å². The normalized spacial score (nSPS) is 18.2. The van der Waals surface area contributed by atoms with Gasteiger partial charge in [-0.15, -0.1) is 0 Å². The summed E-state index contributed by atoms with van der Waals surface area (Å²) in [5.74, 6) is 1.38. The zero-order valence-electron chi connectivity index (χ0n) is 10.2. The first-order valence-electron chi connectivity index (χ1n) is 6.71. The van der Waals surface area contributed by atoms with Crippen LogP contribution < -0.4 is 0 Å². The fraction of sp³-hybridized carbons (Fsp3) is 1.00. The monoisotopic (exact) mass is 246 g/mol. The molecule has 0 aromatic carbocycles. The zero-order valence-corrected chi connectivity index (χ0v) is 11.8. The number of unbranched alkanes of at least 4 members (excludes halogenated alkanes) is 4. The topological polar surface area (TPSA) is 0 Å². The van der Waals surface area contributed by atoms with Crippen molar-refractivity contribution in [2.24, 2.45) is 0 Å². The maximum atomic E-state index is 2.29. The molecular weight excluding hydrogens is 220 g/mol. The molecule has 0 nitrogen and oxygen atoms in total. The van der Waals surface area contributed by atoms with Gasteiger partial charge in [-0.3, -0.25) is 0 Å². The van der Waals surface area contributed by atoms with Crippen molar-refractivity contribution in [3.63, 3.8) is 0 Å². The molecule has 2 heteroatoms. The molecule has 1 saturated carbocycles. The standard InChI is InChI=1S/C13H26S2/c1-2-3-4-5-9-12-14-15-13-10-7-6-8-11-13/h13H,2-12H2,1H3. The van der Waals surface area contributed by atoms with Crippen molar-refractivity contribution >= 4 is 21.6 Å². The molecule has 0 N–H and O–H groups in total. The molecule has 90 valence electrons. The molecule has 0 unspecified atom stereocenters. The van der Waals surface area contributed by atoms with Gasteiger partial charge in [0.15, 0.2) is 0 Å². The van der Waals surface area contributed by atoms with E-state index in [0.717, 1.165) is 5.25 Å². The van der Waals surface area contributed by atoms with Gasteiger partial charge in [-0.25, -0.2) is 0 Å². The first-order chi connectivity index (χ1) is 7.43. The smallest absolute Gasteiger partial charge is 0.0151 e. The molecule has 0 aliphatic heterocycles. The molecule has 0 heterocycles. The summed E-state index contributed by atoms with van der Waals surface area (Å²) in [4.78, 5) is 0. The van der Waals surface area contributed by atoms with Crippen LogP contribution in [0.5, 0.6) is 0 Å². The predicted octanol–water partition coefficient (Wildman–Crippen LogP) is 5.67. The van der Waals surface area contributed by atoms with Gasteiger partial charge >= 0.3 is 0 Å². The quantitative estimate of drug-likeness (QED) is 0.400.